The zero-order valence-corrected chi connectivity index (χ0v) is 22.2. The second-order valence-electron chi connectivity index (χ2n) is 11.0. The van der Waals surface area contributed by atoms with E-state index in [9.17, 15) is 14.7 Å². The van der Waals surface area contributed by atoms with Crippen molar-refractivity contribution in [2.24, 2.45) is 0 Å². The molecule has 2 heterocycles. The summed E-state index contributed by atoms with van der Waals surface area (Å²) in [4.78, 5) is 34.7. The minimum atomic E-state index is -0.212. The summed E-state index contributed by atoms with van der Waals surface area (Å²) in [5, 5.41) is 12.8. The van der Waals surface area contributed by atoms with Crippen molar-refractivity contribution in [1.82, 2.24) is 14.9 Å². The van der Waals surface area contributed by atoms with Crippen molar-refractivity contribution < 1.29 is 9.90 Å². The molecule has 0 atom stereocenters. The highest BCUT2D eigenvalue weighted by molar-refractivity contribution is 7.17. The van der Waals surface area contributed by atoms with E-state index in [1.54, 1.807) is 4.90 Å². The number of phenols is 1. The van der Waals surface area contributed by atoms with Gasteiger partial charge in [0.2, 0.25) is 5.91 Å². The van der Waals surface area contributed by atoms with Crippen LogP contribution in [-0.2, 0) is 28.6 Å². The van der Waals surface area contributed by atoms with Crippen molar-refractivity contribution in [1.29, 1.82) is 0 Å². The van der Waals surface area contributed by atoms with Crippen molar-refractivity contribution in [2.45, 2.75) is 85.1 Å². The number of thiophene rings is 1. The molecule has 1 aromatic carbocycles. The van der Waals surface area contributed by atoms with Crippen LogP contribution in [-0.4, -0.2) is 32.4 Å². The zero-order chi connectivity index (χ0) is 25.3. The number of phenolic OH excluding ortho intramolecular Hbond substituents is 1. The highest BCUT2D eigenvalue weighted by Gasteiger charge is 2.27. The number of aromatic nitrogens is 2. The van der Waals surface area contributed by atoms with Crippen LogP contribution >= 0.6 is 11.3 Å². The molecular weight excluding hydrogens is 446 g/mol. The van der Waals surface area contributed by atoms with Gasteiger partial charge in [-0.15, -0.1) is 11.3 Å². The summed E-state index contributed by atoms with van der Waals surface area (Å²) in [6.45, 7) is 15.4. The molecule has 0 spiro atoms. The number of nitrogens with one attached hydrogen (secondary N) is 1. The Balaban J connectivity index is 1.82. The number of hydrogen-bond donors (Lipinski definition) is 2. The average Bonchev–Trinajstić information content (AvgIpc) is 3.20. The van der Waals surface area contributed by atoms with E-state index in [4.69, 9.17) is 0 Å². The third-order valence-corrected chi connectivity index (χ3v) is 6.87. The molecule has 1 amide bonds. The van der Waals surface area contributed by atoms with Crippen LogP contribution in [0.25, 0.3) is 10.2 Å². The third kappa shape index (κ3) is 5.87. The number of carbonyl (C=O) groups excluding carboxylic acids is 1. The molecule has 0 aliphatic rings. The molecule has 0 bridgehead atoms. The maximum Gasteiger partial charge on any atom is 0.268 e. The van der Waals surface area contributed by atoms with E-state index in [0.29, 0.717) is 41.2 Å². The fourth-order valence-electron chi connectivity index (χ4n) is 4.13. The van der Waals surface area contributed by atoms with Gasteiger partial charge in [-0.3, -0.25) is 9.59 Å². The van der Waals surface area contributed by atoms with Gasteiger partial charge in [0.1, 0.15) is 16.3 Å². The van der Waals surface area contributed by atoms with Gasteiger partial charge in [0.15, 0.2) is 0 Å². The Morgan fingerprint density at radius 3 is 2.29 bits per heavy atom. The maximum atomic E-state index is 13.2. The van der Waals surface area contributed by atoms with Gasteiger partial charge in [0.25, 0.3) is 5.56 Å². The van der Waals surface area contributed by atoms with E-state index < -0.39 is 0 Å². The Hall–Kier alpha value is -2.67. The first-order valence-electron chi connectivity index (χ1n) is 11.9. The molecule has 184 valence electrons. The van der Waals surface area contributed by atoms with E-state index in [-0.39, 0.29) is 28.8 Å². The van der Waals surface area contributed by atoms with E-state index in [1.165, 1.54) is 11.3 Å². The van der Waals surface area contributed by atoms with Crippen LogP contribution in [0.4, 0.5) is 0 Å². The number of fused-ring (bicyclic) bond motifs is 1. The topological polar surface area (TPSA) is 86.3 Å². The molecule has 3 aromatic rings. The average molecular weight is 484 g/mol. The summed E-state index contributed by atoms with van der Waals surface area (Å²) in [6, 6.07) is 5.90. The number of H-pyrrole nitrogens is 1. The number of carbonyl (C=O) groups is 1. The number of benzene rings is 1. The van der Waals surface area contributed by atoms with E-state index >= 15 is 0 Å². The highest BCUT2D eigenvalue weighted by atomic mass is 32.1. The summed E-state index contributed by atoms with van der Waals surface area (Å²) in [5.74, 6) is 0.881. The zero-order valence-electron chi connectivity index (χ0n) is 21.4. The quantitative estimate of drug-likeness (QED) is 0.454. The standard InChI is InChI=1S/C27H37N3O3S/c1-8-12-30(16-21-28-20-11-13-34-24(20)25(33)29-21)22(31)10-9-17-14-18(26(2,3)4)23(32)19(15-17)27(5,6)7/h11,13-15,32H,8-10,12,16H2,1-7H3,(H,28,29,33). The maximum absolute atomic E-state index is 13.2. The van der Waals surface area contributed by atoms with Gasteiger partial charge in [-0.25, -0.2) is 4.98 Å². The largest absolute Gasteiger partial charge is 0.507 e. The molecule has 3 rings (SSSR count). The SMILES string of the molecule is CCCN(Cc1nc2ccsc2c(=O)[nH]1)C(=O)CCc1cc(C(C)(C)C)c(O)c(C(C)(C)C)c1. The molecule has 34 heavy (non-hydrogen) atoms. The normalized spacial score (nSPS) is 12.3. The van der Waals surface area contributed by atoms with Crippen LogP contribution in [0.5, 0.6) is 5.75 Å². The summed E-state index contributed by atoms with van der Waals surface area (Å²) >= 11 is 1.37. The second-order valence-corrected chi connectivity index (χ2v) is 11.9. The first-order valence-corrected chi connectivity index (χ1v) is 12.8. The predicted molar refractivity (Wildman–Crippen MR) is 140 cm³/mol. The van der Waals surface area contributed by atoms with Crippen molar-refractivity contribution in [3.63, 3.8) is 0 Å². The molecule has 0 unspecified atom stereocenters. The van der Waals surface area contributed by atoms with Gasteiger partial charge in [-0.2, -0.15) is 0 Å². The van der Waals surface area contributed by atoms with Gasteiger partial charge in [-0.1, -0.05) is 60.6 Å². The summed E-state index contributed by atoms with van der Waals surface area (Å²) in [5.41, 5.74) is 2.93. The molecule has 0 aliphatic heterocycles. The van der Waals surface area contributed by atoms with Crippen molar-refractivity contribution >= 4 is 27.5 Å². The number of amides is 1. The number of aromatic hydroxyl groups is 1. The summed E-state index contributed by atoms with van der Waals surface area (Å²) < 4.78 is 0.605. The van der Waals surface area contributed by atoms with Crippen LogP contribution in [0.3, 0.4) is 0 Å². The Morgan fingerprint density at radius 1 is 1.12 bits per heavy atom. The van der Waals surface area contributed by atoms with Crippen molar-refractivity contribution in [3.8, 4) is 5.75 Å². The first-order chi connectivity index (χ1) is 15.8. The molecule has 0 saturated heterocycles. The lowest BCUT2D eigenvalue weighted by Crippen LogP contribution is -2.33. The molecule has 7 heteroatoms. The number of rotatable bonds is 7. The first kappa shape index (κ1) is 25.9. The van der Waals surface area contributed by atoms with E-state index in [2.05, 4.69) is 51.5 Å². The minimum absolute atomic E-state index is 0.0256. The minimum Gasteiger partial charge on any atom is -0.507 e. The Kier molecular flexibility index (Phi) is 7.56. The van der Waals surface area contributed by atoms with Gasteiger partial charge in [0.05, 0.1) is 12.1 Å². The lowest BCUT2D eigenvalue weighted by molar-refractivity contribution is -0.131. The smallest absolute Gasteiger partial charge is 0.268 e. The summed E-state index contributed by atoms with van der Waals surface area (Å²) in [7, 11) is 0. The van der Waals surface area contributed by atoms with Crippen LogP contribution in [0.1, 0.15) is 83.8 Å². The Bertz CT molecular complexity index is 1190. The fraction of sp³-hybridized carbons (Fsp3) is 0.519. The molecule has 6 nitrogen and oxygen atoms in total. The highest BCUT2D eigenvalue weighted by Crippen LogP contribution is 2.40. The van der Waals surface area contributed by atoms with Gasteiger partial charge < -0.3 is 15.0 Å². The van der Waals surface area contributed by atoms with Crippen LogP contribution < -0.4 is 5.56 Å². The number of aryl methyl sites for hydroxylation is 1. The summed E-state index contributed by atoms with van der Waals surface area (Å²) in [6.07, 6.45) is 1.75. The molecule has 0 radical (unpaired) electrons. The second kappa shape index (κ2) is 9.90. The van der Waals surface area contributed by atoms with Gasteiger partial charge in [0, 0.05) is 13.0 Å². The predicted octanol–water partition coefficient (Wildman–Crippen LogP) is 5.66. The number of aromatic amines is 1. The molecular formula is C27H37N3O3S. The third-order valence-electron chi connectivity index (χ3n) is 5.96. The number of hydrogen-bond acceptors (Lipinski definition) is 5. The van der Waals surface area contributed by atoms with Crippen LogP contribution in [0.15, 0.2) is 28.4 Å². The molecule has 0 aliphatic carbocycles. The van der Waals surface area contributed by atoms with Crippen molar-refractivity contribution in [2.75, 3.05) is 6.54 Å². The molecule has 0 saturated carbocycles. The Labute approximate surface area is 206 Å². The van der Waals surface area contributed by atoms with Crippen molar-refractivity contribution in [3.05, 3.63) is 56.4 Å². The molecule has 2 N–H and O–H groups in total. The fourth-order valence-corrected chi connectivity index (χ4v) is 4.86. The van der Waals surface area contributed by atoms with E-state index in [1.807, 2.05) is 30.5 Å². The lowest BCUT2D eigenvalue weighted by atomic mass is 9.78. The van der Waals surface area contributed by atoms with E-state index in [0.717, 1.165) is 23.1 Å². The number of nitrogens with zero attached hydrogens (tertiary/aromatic N) is 2. The molecule has 2 aromatic heterocycles. The van der Waals surface area contributed by atoms with Gasteiger partial charge in [-0.05, 0) is 51.8 Å². The van der Waals surface area contributed by atoms with Gasteiger partial charge >= 0.3 is 0 Å². The van der Waals surface area contributed by atoms with Crippen LogP contribution in [0, 0.1) is 0 Å². The monoisotopic (exact) mass is 483 g/mol. The molecule has 0 fully saturated rings. The lowest BCUT2D eigenvalue weighted by Gasteiger charge is -2.28. The Morgan fingerprint density at radius 2 is 1.74 bits per heavy atom. The van der Waals surface area contributed by atoms with Crippen LogP contribution in [0.2, 0.25) is 0 Å².